The molecule has 0 aliphatic heterocycles. The van der Waals surface area contributed by atoms with Gasteiger partial charge in [-0.1, -0.05) is 0 Å². The van der Waals surface area contributed by atoms with E-state index in [1.165, 1.54) is 31.4 Å². The Morgan fingerprint density at radius 3 is 2.53 bits per heavy atom. The molecule has 0 amide bonds. The van der Waals surface area contributed by atoms with Gasteiger partial charge in [-0.05, 0) is 46.3 Å². The minimum Gasteiger partial charge on any atom is -0.497 e. The first-order chi connectivity index (χ1) is 9.10. The van der Waals surface area contributed by atoms with Crippen LogP contribution in [-0.4, -0.2) is 7.11 Å². The quantitative estimate of drug-likeness (QED) is 0.832. The first-order valence-electron chi connectivity index (χ1n) is 5.50. The summed E-state index contributed by atoms with van der Waals surface area (Å²) in [6, 6.07) is 8.59. The van der Waals surface area contributed by atoms with Crippen molar-refractivity contribution in [2.45, 2.75) is 6.61 Å². The SMILES string of the molecule is COc1ccc(COc2ccc(F)cc2Br)c(F)c1. The molecular weight excluding hydrogens is 318 g/mol. The van der Waals surface area contributed by atoms with Gasteiger partial charge in [0, 0.05) is 11.6 Å². The number of hydrogen-bond acceptors (Lipinski definition) is 2. The van der Waals surface area contributed by atoms with Gasteiger partial charge >= 0.3 is 0 Å². The van der Waals surface area contributed by atoms with E-state index in [-0.39, 0.29) is 12.4 Å². The highest BCUT2D eigenvalue weighted by Gasteiger charge is 2.07. The Hall–Kier alpha value is -1.62. The van der Waals surface area contributed by atoms with Crippen molar-refractivity contribution in [1.82, 2.24) is 0 Å². The van der Waals surface area contributed by atoms with E-state index in [0.29, 0.717) is 21.5 Å². The molecule has 0 bridgehead atoms. The zero-order chi connectivity index (χ0) is 13.8. The van der Waals surface area contributed by atoms with Crippen LogP contribution in [0.25, 0.3) is 0 Å². The number of rotatable bonds is 4. The molecule has 0 N–H and O–H groups in total. The molecule has 2 aromatic rings. The summed E-state index contributed by atoms with van der Waals surface area (Å²) < 4.78 is 37.4. The van der Waals surface area contributed by atoms with Crippen LogP contribution in [-0.2, 0) is 6.61 Å². The van der Waals surface area contributed by atoms with E-state index < -0.39 is 5.82 Å². The molecule has 0 spiro atoms. The maximum Gasteiger partial charge on any atom is 0.134 e. The maximum absolute atomic E-state index is 13.7. The monoisotopic (exact) mass is 328 g/mol. The second kappa shape index (κ2) is 6.02. The zero-order valence-corrected chi connectivity index (χ0v) is 11.7. The minimum atomic E-state index is -0.405. The molecule has 0 radical (unpaired) electrons. The Morgan fingerprint density at radius 1 is 1.11 bits per heavy atom. The van der Waals surface area contributed by atoms with Crippen LogP contribution >= 0.6 is 15.9 Å². The first-order valence-corrected chi connectivity index (χ1v) is 6.29. The van der Waals surface area contributed by atoms with Gasteiger partial charge in [-0.2, -0.15) is 0 Å². The lowest BCUT2D eigenvalue weighted by molar-refractivity contribution is 0.297. The van der Waals surface area contributed by atoms with Gasteiger partial charge in [-0.15, -0.1) is 0 Å². The summed E-state index contributed by atoms with van der Waals surface area (Å²) in [6.45, 7) is 0.0556. The number of ether oxygens (including phenoxy) is 2. The summed E-state index contributed by atoms with van der Waals surface area (Å²) in [5, 5.41) is 0. The molecule has 5 heteroatoms. The Bertz CT molecular complexity index is 588. The minimum absolute atomic E-state index is 0.0556. The average molecular weight is 329 g/mol. The van der Waals surface area contributed by atoms with E-state index in [1.54, 1.807) is 12.1 Å². The van der Waals surface area contributed by atoms with Gasteiger partial charge in [-0.25, -0.2) is 8.78 Å². The highest BCUT2D eigenvalue weighted by Crippen LogP contribution is 2.27. The summed E-state index contributed by atoms with van der Waals surface area (Å²) in [4.78, 5) is 0. The zero-order valence-electron chi connectivity index (χ0n) is 10.1. The van der Waals surface area contributed by atoms with Crippen molar-refractivity contribution in [3.05, 3.63) is 58.1 Å². The molecule has 0 saturated heterocycles. The molecule has 0 saturated carbocycles. The van der Waals surface area contributed by atoms with Gasteiger partial charge in [0.15, 0.2) is 0 Å². The standard InChI is InChI=1S/C14H11BrF2O2/c1-18-11-4-2-9(13(17)7-11)8-19-14-5-3-10(16)6-12(14)15/h2-7H,8H2,1H3. The van der Waals surface area contributed by atoms with Crippen LogP contribution in [0.15, 0.2) is 40.9 Å². The van der Waals surface area contributed by atoms with E-state index in [0.717, 1.165) is 0 Å². The summed E-state index contributed by atoms with van der Waals surface area (Å²) in [5.74, 6) is 0.133. The smallest absolute Gasteiger partial charge is 0.134 e. The summed E-state index contributed by atoms with van der Waals surface area (Å²) >= 11 is 3.18. The van der Waals surface area contributed by atoms with Gasteiger partial charge in [0.05, 0.1) is 11.6 Å². The molecule has 0 unspecified atom stereocenters. The van der Waals surface area contributed by atoms with Crippen LogP contribution in [0.1, 0.15) is 5.56 Å². The molecule has 19 heavy (non-hydrogen) atoms. The lowest BCUT2D eigenvalue weighted by Gasteiger charge is -2.09. The largest absolute Gasteiger partial charge is 0.497 e. The van der Waals surface area contributed by atoms with Crippen molar-refractivity contribution in [3.63, 3.8) is 0 Å². The lowest BCUT2D eigenvalue weighted by Crippen LogP contribution is -1.99. The summed E-state index contributed by atoms with van der Waals surface area (Å²) in [6.07, 6.45) is 0. The summed E-state index contributed by atoms with van der Waals surface area (Å²) in [7, 11) is 1.47. The molecule has 0 aliphatic rings. The number of hydrogen-bond donors (Lipinski definition) is 0. The molecule has 0 aliphatic carbocycles. The van der Waals surface area contributed by atoms with Gasteiger partial charge in [0.1, 0.15) is 29.7 Å². The second-order valence-electron chi connectivity index (χ2n) is 3.82. The van der Waals surface area contributed by atoms with E-state index in [1.807, 2.05) is 0 Å². The lowest BCUT2D eigenvalue weighted by atomic mass is 10.2. The molecule has 100 valence electrons. The molecule has 2 nitrogen and oxygen atoms in total. The summed E-state index contributed by atoms with van der Waals surface area (Å²) in [5.41, 5.74) is 0.400. The molecule has 2 rings (SSSR count). The Labute approximate surface area is 118 Å². The van der Waals surface area contributed by atoms with E-state index in [9.17, 15) is 8.78 Å². The first kappa shape index (κ1) is 13.8. The van der Waals surface area contributed by atoms with Crippen molar-refractivity contribution >= 4 is 15.9 Å². The normalized spacial score (nSPS) is 10.3. The van der Waals surface area contributed by atoms with Gasteiger partial charge in [-0.3, -0.25) is 0 Å². The molecule has 0 atom stereocenters. The third-order valence-electron chi connectivity index (χ3n) is 2.54. The second-order valence-corrected chi connectivity index (χ2v) is 4.68. The maximum atomic E-state index is 13.7. The molecular formula is C14H11BrF2O2. The molecule has 0 heterocycles. The third kappa shape index (κ3) is 3.44. The van der Waals surface area contributed by atoms with E-state index in [2.05, 4.69) is 15.9 Å². The molecule has 0 fully saturated rings. The Morgan fingerprint density at radius 2 is 1.89 bits per heavy atom. The predicted molar refractivity (Wildman–Crippen MR) is 71.4 cm³/mol. The van der Waals surface area contributed by atoms with E-state index in [4.69, 9.17) is 9.47 Å². The Kier molecular flexibility index (Phi) is 4.37. The average Bonchev–Trinajstić information content (AvgIpc) is 2.39. The predicted octanol–water partition coefficient (Wildman–Crippen LogP) is 4.31. The topological polar surface area (TPSA) is 18.5 Å². The van der Waals surface area contributed by atoms with Crippen LogP contribution < -0.4 is 9.47 Å². The fraction of sp³-hybridized carbons (Fsp3) is 0.143. The van der Waals surface area contributed by atoms with Crippen LogP contribution in [0, 0.1) is 11.6 Å². The van der Waals surface area contributed by atoms with Crippen LogP contribution in [0.2, 0.25) is 0 Å². The number of methoxy groups -OCH3 is 1. The Balaban J connectivity index is 2.10. The highest BCUT2D eigenvalue weighted by atomic mass is 79.9. The number of benzene rings is 2. The molecule has 2 aromatic carbocycles. The van der Waals surface area contributed by atoms with Crippen molar-refractivity contribution in [1.29, 1.82) is 0 Å². The van der Waals surface area contributed by atoms with E-state index >= 15 is 0 Å². The van der Waals surface area contributed by atoms with Crippen LogP contribution in [0.4, 0.5) is 8.78 Å². The van der Waals surface area contributed by atoms with Gasteiger partial charge in [0.25, 0.3) is 0 Å². The van der Waals surface area contributed by atoms with Gasteiger partial charge < -0.3 is 9.47 Å². The van der Waals surface area contributed by atoms with Gasteiger partial charge in [0.2, 0.25) is 0 Å². The van der Waals surface area contributed by atoms with Crippen molar-refractivity contribution in [3.8, 4) is 11.5 Å². The molecule has 0 aromatic heterocycles. The number of halogens is 3. The van der Waals surface area contributed by atoms with Crippen molar-refractivity contribution in [2.24, 2.45) is 0 Å². The van der Waals surface area contributed by atoms with Crippen LogP contribution in [0.3, 0.4) is 0 Å². The third-order valence-corrected chi connectivity index (χ3v) is 3.16. The highest BCUT2D eigenvalue weighted by molar-refractivity contribution is 9.10. The fourth-order valence-electron chi connectivity index (χ4n) is 1.52. The van der Waals surface area contributed by atoms with Crippen LogP contribution in [0.5, 0.6) is 11.5 Å². The fourth-order valence-corrected chi connectivity index (χ4v) is 1.99. The van der Waals surface area contributed by atoms with Crippen molar-refractivity contribution < 1.29 is 18.3 Å². The van der Waals surface area contributed by atoms with Crippen molar-refractivity contribution in [2.75, 3.05) is 7.11 Å².